The standard InChI is InChI=1S/C35H35F2N7O3/c1-7-24(45)42-15-20(6)43-21(16-42)11-13-47-33-27-32(28(36)26(29(33)37)25-18(4)8-9-23-22(25)14-39-41-23)44(35(46)40-34(27)43)31-19(5)10-12-38-30(31)17(2)3/h7-10,12,14,17,20-21H,1,11,13,15-16H2,2-6H3,(H,39,41). The van der Waals surface area contributed by atoms with E-state index < -0.39 is 17.3 Å². The van der Waals surface area contributed by atoms with Gasteiger partial charge >= 0.3 is 5.69 Å². The number of aryl methyl sites for hydroxylation is 2. The first-order valence-electron chi connectivity index (χ1n) is 15.7. The normalized spacial score (nSPS) is 17.9. The average Bonchev–Trinajstić information content (AvgIpc) is 3.51. The first-order chi connectivity index (χ1) is 22.5. The number of piperazine rings is 1. The van der Waals surface area contributed by atoms with Crippen LogP contribution in [0.4, 0.5) is 14.6 Å². The topological polar surface area (TPSA) is 109 Å². The van der Waals surface area contributed by atoms with E-state index in [4.69, 9.17) is 4.74 Å². The number of nitrogens with one attached hydrogen (secondary N) is 1. The summed E-state index contributed by atoms with van der Waals surface area (Å²) >= 11 is 0. The fourth-order valence-corrected chi connectivity index (χ4v) is 7.26. The van der Waals surface area contributed by atoms with Crippen molar-refractivity contribution >= 4 is 33.5 Å². The van der Waals surface area contributed by atoms with E-state index in [9.17, 15) is 9.59 Å². The number of fused-ring (bicyclic) bond motifs is 3. The largest absolute Gasteiger partial charge is 0.490 e. The second kappa shape index (κ2) is 11.3. The number of H-pyrrole nitrogens is 1. The lowest BCUT2D eigenvalue weighted by atomic mass is 9.93. The highest BCUT2D eigenvalue weighted by Crippen LogP contribution is 2.47. The first-order valence-corrected chi connectivity index (χ1v) is 15.7. The van der Waals surface area contributed by atoms with Crippen molar-refractivity contribution in [3.63, 3.8) is 0 Å². The predicted molar refractivity (Wildman–Crippen MR) is 176 cm³/mol. The monoisotopic (exact) mass is 639 g/mol. The fraction of sp³-hybridized carbons (Fsp3) is 0.343. The summed E-state index contributed by atoms with van der Waals surface area (Å²) in [6.07, 6.45) is 4.86. The molecule has 0 radical (unpaired) electrons. The maximum absolute atomic E-state index is 17.7. The van der Waals surface area contributed by atoms with Gasteiger partial charge in [-0.1, -0.05) is 26.5 Å². The molecule has 2 atom stereocenters. The van der Waals surface area contributed by atoms with E-state index in [-0.39, 0.29) is 58.5 Å². The number of pyridine rings is 1. The van der Waals surface area contributed by atoms with Crippen molar-refractivity contribution in [3.8, 4) is 22.6 Å². The van der Waals surface area contributed by atoms with E-state index in [2.05, 4.69) is 26.7 Å². The molecule has 2 aliphatic heterocycles. The van der Waals surface area contributed by atoms with Crippen molar-refractivity contribution in [1.29, 1.82) is 0 Å². The van der Waals surface area contributed by atoms with Crippen LogP contribution in [0.1, 0.15) is 49.9 Å². The number of ether oxygens (including phenoxy) is 1. The lowest BCUT2D eigenvalue weighted by Crippen LogP contribution is -2.60. The summed E-state index contributed by atoms with van der Waals surface area (Å²) in [5, 5.41) is 7.60. The number of halogens is 2. The van der Waals surface area contributed by atoms with Gasteiger partial charge in [0, 0.05) is 42.7 Å². The van der Waals surface area contributed by atoms with E-state index >= 15 is 8.78 Å². The summed E-state index contributed by atoms with van der Waals surface area (Å²) in [5.41, 5.74) is 1.97. The number of carbonyl (C=O) groups is 1. The Morgan fingerprint density at radius 1 is 1.13 bits per heavy atom. The van der Waals surface area contributed by atoms with Gasteiger partial charge in [0.2, 0.25) is 5.91 Å². The molecule has 12 heteroatoms. The molecule has 2 aliphatic rings. The van der Waals surface area contributed by atoms with E-state index in [0.717, 1.165) is 0 Å². The SMILES string of the molecule is C=CC(=O)N1CC(C)N2c3nc(=O)n(-c4c(C)ccnc4C(C)C)c4c(F)c(-c5c(C)ccc6[nH]ncc56)c(F)c(c34)OCCC2C1. The Hall–Kier alpha value is -5.13. The first kappa shape index (κ1) is 30.5. The molecule has 3 aromatic heterocycles. The number of hydrogen-bond acceptors (Lipinski definition) is 7. The number of aromatic nitrogens is 5. The van der Waals surface area contributed by atoms with Gasteiger partial charge in [-0.2, -0.15) is 10.1 Å². The van der Waals surface area contributed by atoms with Gasteiger partial charge in [-0.25, -0.2) is 13.6 Å². The third-order valence-electron chi connectivity index (χ3n) is 9.37. The Morgan fingerprint density at radius 2 is 1.91 bits per heavy atom. The molecule has 10 nitrogen and oxygen atoms in total. The summed E-state index contributed by atoms with van der Waals surface area (Å²) in [6, 6.07) is 4.65. The third kappa shape index (κ3) is 4.60. The summed E-state index contributed by atoms with van der Waals surface area (Å²) in [5.74, 6) is -2.23. The van der Waals surface area contributed by atoms with Crippen molar-refractivity contribution in [2.24, 2.45) is 0 Å². The molecule has 2 aromatic carbocycles. The number of rotatable bonds is 4. The number of anilines is 1. The second-order valence-corrected chi connectivity index (χ2v) is 12.7. The van der Waals surface area contributed by atoms with Crippen molar-refractivity contribution < 1.29 is 18.3 Å². The van der Waals surface area contributed by atoms with Gasteiger partial charge in [-0.05, 0) is 56.0 Å². The maximum Gasteiger partial charge on any atom is 0.354 e. The fourth-order valence-electron chi connectivity index (χ4n) is 7.26. The van der Waals surface area contributed by atoms with Crippen LogP contribution in [0.2, 0.25) is 0 Å². The summed E-state index contributed by atoms with van der Waals surface area (Å²) in [6.45, 7) is 13.7. The van der Waals surface area contributed by atoms with Crippen LogP contribution in [-0.4, -0.2) is 67.3 Å². The maximum atomic E-state index is 17.7. The molecule has 2 unspecified atom stereocenters. The van der Waals surface area contributed by atoms with Crippen LogP contribution in [0.15, 0.2) is 48.0 Å². The molecule has 5 heterocycles. The average molecular weight is 640 g/mol. The minimum Gasteiger partial charge on any atom is -0.490 e. The predicted octanol–water partition coefficient (Wildman–Crippen LogP) is 5.72. The molecule has 7 rings (SSSR count). The Kier molecular flexibility index (Phi) is 7.33. The van der Waals surface area contributed by atoms with Crippen LogP contribution >= 0.6 is 0 Å². The van der Waals surface area contributed by atoms with Crippen LogP contribution in [0, 0.1) is 25.5 Å². The highest BCUT2D eigenvalue weighted by Gasteiger charge is 2.40. The zero-order valence-corrected chi connectivity index (χ0v) is 26.9. The minimum atomic E-state index is -0.925. The zero-order chi connectivity index (χ0) is 33.3. The molecular formula is C35H35F2N7O3. The van der Waals surface area contributed by atoms with Gasteiger partial charge in [-0.15, -0.1) is 0 Å². The quantitative estimate of drug-likeness (QED) is 0.251. The van der Waals surface area contributed by atoms with Crippen molar-refractivity contribution in [2.45, 2.75) is 59.0 Å². The minimum absolute atomic E-state index is 0.0541. The molecule has 0 aliphatic carbocycles. The highest BCUT2D eigenvalue weighted by molar-refractivity contribution is 6.04. The Morgan fingerprint density at radius 3 is 2.66 bits per heavy atom. The second-order valence-electron chi connectivity index (χ2n) is 12.7. The molecule has 1 amide bonds. The van der Waals surface area contributed by atoms with Crippen LogP contribution in [0.3, 0.4) is 0 Å². The van der Waals surface area contributed by atoms with E-state index in [1.165, 1.54) is 16.8 Å². The molecule has 0 saturated carbocycles. The van der Waals surface area contributed by atoms with Gasteiger partial charge < -0.3 is 14.5 Å². The highest BCUT2D eigenvalue weighted by atomic mass is 19.1. The van der Waals surface area contributed by atoms with Crippen LogP contribution in [0.5, 0.6) is 5.75 Å². The van der Waals surface area contributed by atoms with Crippen molar-refractivity contribution in [1.82, 2.24) is 29.6 Å². The van der Waals surface area contributed by atoms with E-state index in [0.29, 0.717) is 58.5 Å². The summed E-state index contributed by atoms with van der Waals surface area (Å²) in [4.78, 5) is 39.8. The summed E-state index contributed by atoms with van der Waals surface area (Å²) < 4.78 is 42.3. The lowest BCUT2D eigenvalue weighted by molar-refractivity contribution is -0.127. The third-order valence-corrected chi connectivity index (χ3v) is 9.37. The number of amides is 1. The molecule has 0 spiro atoms. The smallest absolute Gasteiger partial charge is 0.354 e. The molecule has 1 saturated heterocycles. The molecule has 1 N–H and O–H groups in total. The zero-order valence-electron chi connectivity index (χ0n) is 26.9. The number of nitrogens with zero attached hydrogens (tertiary/aromatic N) is 6. The number of aromatic amines is 1. The van der Waals surface area contributed by atoms with Crippen molar-refractivity contribution in [2.75, 3.05) is 24.6 Å². The van der Waals surface area contributed by atoms with Gasteiger partial charge in [0.1, 0.15) is 11.3 Å². The van der Waals surface area contributed by atoms with Gasteiger partial charge in [0.25, 0.3) is 0 Å². The van der Waals surface area contributed by atoms with E-state index in [1.54, 1.807) is 36.2 Å². The Bertz CT molecular complexity index is 2170. The van der Waals surface area contributed by atoms with Gasteiger partial charge in [0.05, 0.1) is 46.7 Å². The number of benzene rings is 2. The summed E-state index contributed by atoms with van der Waals surface area (Å²) in [7, 11) is 0. The Balaban J connectivity index is 1.65. The van der Waals surface area contributed by atoms with Crippen LogP contribution in [0.25, 0.3) is 38.6 Å². The Labute approximate surface area is 269 Å². The molecule has 242 valence electrons. The molecule has 47 heavy (non-hydrogen) atoms. The van der Waals surface area contributed by atoms with Gasteiger partial charge in [-0.3, -0.25) is 19.4 Å². The van der Waals surface area contributed by atoms with Crippen LogP contribution < -0.4 is 15.3 Å². The van der Waals surface area contributed by atoms with Gasteiger partial charge in [0.15, 0.2) is 17.4 Å². The number of hydrogen-bond donors (Lipinski definition) is 1. The van der Waals surface area contributed by atoms with Crippen molar-refractivity contribution in [3.05, 3.63) is 82.2 Å². The van der Waals surface area contributed by atoms with Crippen LogP contribution in [-0.2, 0) is 4.79 Å². The molecular weight excluding hydrogens is 604 g/mol. The molecule has 5 aromatic rings. The lowest BCUT2D eigenvalue weighted by Gasteiger charge is -2.47. The van der Waals surface area contributed by atoms with E-state index in [1.807, 2.05) is 32.6 Å². The molecule has 1 fully saturated rings. The number of carbonyl (C=O) groups excluding carboxylic acids is 1. The molecule has 0 bridgehead atoms.